The van der Waals surface area contributed by atoms with Crippen LogP contribution in [0.15, 0.2) is 10.2 Å². The van der Waals surface area contributed by atoms with Crippen LogP contribution in [0.5, 0.6) is 0 Å². The average molecular weight is 443 g/mol. The predicted octanol–water partition coefficient (Wildman–Crippen LogP) is 0.614. The summed E-state index contributed by atoms with van der Waals surface area (Å²) >= 11 is 2.48. The van der Waals surface area contributed by atoms with E-state index in [0.29, 0.717) is 29.8 Å². The molecule has 2 saturated heterocycles. The zero-order chi connectivity index (χ0) is 21.6. The van der Waals surface area contributed by atoms with Gasteiger partial charge in [0.25, 0.3) is 11.8 Å². The van der Waals surface area contributed by atoms with E-state index in [0.717, 1.165) is 0 Å². The monoisotopic (exact) mass is 442 g/mol. The van der Waals surface area contributed by atoms with Gasteiger partial charge in [0.15, 0.2) is 10.3 Å². The summed E-state index contributed by atoms with van der Waals surface area (Å²) in [6.45, 7) is 8.23. The Balaban J connectivity index is 2.08. The summed E-state index contributed by atoms with van der Waals surface area (Å²) in [4.78, 5) is 51.8. The van der Waals surface area contributed by atoms with Crippen LogP contribution in [0.1, 0.15) is 34.1 Å². The van der Waals surface area contributed by atoms with E-state index >= 15 is 0 Å². The van der Waals surface area contributed by atoms with E-state index in [1.54, 1.807) is 6.92 Å². The number of carbonyl (C=O) groups is 4. The van der Waals surface area contributed by atoms with E-state index < -0.39 is 17.7 Å². The van der Waals surface area contributed by atoms with E-state index in [4.69, 9.17) is 0 Å². The molecule has 0 bridgehead atoms. The van der Waals surface area contributed by atoms with Crippen molar-refractivity contribution in [1.82, 2.24) is 20.7 Å². The molecular formula is C17H26N6O4S2. The molecule has 1 atom stereocenters. The molecular weight excluding hydrogens is 416 g/mol. The van der Waals surface area contributed by atoms with Gasteiger partial charge >= 0.3 is 0 Å². The lowest BCUT2D eigenvalue weighted by molar-refractivity contribution is -0.137. The molecule has 2 aliphatic rings. The third-order valence-electron chi connectivity index (χ3n) is 4.65. The maximum atomic E-state index is 12.7. The van der Waals surface area contributed by atoms with Crippen LogP contribution in [-0.4, -0.2) is 68.4 Å². The summed E-state index contributed by atoms with van der Waals surface area (Å²) in [5.74, 6) is -1.98. The number of rotatable bonds is 8. The van der Waals surface area contributed by atoms with Crippen molar-refractivity contribution in [3.63, 3.8) is 0 Å². The summed E-state index contributed by atoms with van der Waals surface area (Å²) in [7, 11) is 0. The number of amidine groups is 2. The van der Waals surface area contributed by atoms with Gasteiger partial charge in [0, 0.05) is 13.1 Å². The van der Waals surface area contributed by atoms with Gasteiger partial charge in [0.1, 0.15) is 5.92 Å². The van der Waals surface area contributed by atoms with Gasteiger partial charge in [0.05, 0.1) is 11.5 Å². The Hall–Kier alpha value is -2.08. The van der Waals surface area contributed by atoms with Crippen molar-refractivity contribution < 1.29 is 19.2 Å². The van der Waals surface area contributed by atoms with Gasteiger partial charge < -0.3 is 0 Å². The molecule has 2 N–H and O–H groups in total. The minimum Gasteiger partial charge on any atom is -0.289 e. The number of nitrogens with one attached hydrogen (secondary N) is 2. The number of hydrogen-bond acceptors (Lipinski definition) is 8. The van der Waals surface area contributed by atoms with Crippen LogP contribution in [0.4, 0.5) is 0 Å². The average Bonchev–Trinajstić information content (AvgIpc) is 3.25. The van der Waals surface area contributed by atoms with Crippen LogP contribution < -0.4 is 10.9 Å². The Labute approximate surface area is 178 Å². The van der Waals surface area contributed by atoms with Crippen LogP contribution in [0.2, 0.25) is 0 Å². The molecule has 160 valence electrons. The molecule has 0 aromatic heterocycles. The fourth-order valence-corrected chi connectivity index (χ4v) is 4.61. The molecule has 0 aromatic rings. The molecule has 2 aliphatic heterocycles. The summed E-state index contributed by atoms with van der Waals surface area (Å²) in [6, 6.07) is 0. The molecule has 10 nitrogen and oxygen atoms in total. The molecule has 4 amide bonds. The second-order valence-electron chi connectivity index (χ2n) is 6.46. The number of nitrogens with zero attached hydrogens (tertiary/aromatic N) is 4. The molecule has 2 fully saturated rings. The van der Waals surface area contributed by atoms with Gasteiger partial charge in [-0.15, -0.1) is 10.2 Å². The first-order valence-corrected chi connectivity index (χ1v) is 11.4. The molecule has 29 heavy (non-hydrogen) atoms. The largest absolute Gasteiger partial charge is 0.289 e. The first kappa shape index (κ1) is 23.2. The smallest absolute Gasteiger partial charge is 0.253 e. The first-order valence-electron chi connectivity index (χ1n) is 9.45. The molecule has 0 radical (unpaired) electrons. The van der Waals surface area contributed by atoms with Crippen molar-refractivity contribution in [1.29, 1.82) is 0 Å². The predicted molar refractivity (Wildman–Crippen MR) is 114 cm³/mol. The molecule has 1 unspecified atom stereocenters. The quantitative estimate of drug-likeness (QED) is 0.419. The summed E-state index contributed by atoms with van der Waals surface area (Å²) in [6.07, 6.45) is 0.599. The molecule has 2 rings (SSSR count). The topological polar surface area (TPSA) is 124 Å². The first-order chi connectivity index (χ1) is 13.8. The molecule has 2 heterocycles. The zero-order valence-corrected chi connectivity index (χ0v) is 18.6. The fraction of sp³-hybridized carbons (Fsp3) is 0.647. The second-order valence-corrected chi connectivity index (χ2v) is 8.34. The maximum absolute atomic E-state index is 12.7. The Kier molecular flexibility index (Phi) is 8.50. The summed E-state index contributed by atoms with van der Waals surface area (Å²) < 4.78 is 0. The number of amides is 4. The van der Waals surface area contributed by atoms with Crippen molar-refractivity contribution in [2.24, 2.45) is 22.0 Å². The zero-order valence-electron chi connectivity index (χ0n) is 16.9. The number of hydrazone groups is 2. The van der Waals surface area contributed by atoms with E-state index in [-0.39, 0.29) is 29.2 Å². The maximum Gasteiger partial charge on any atom is 0.253 e. The van der Waals surface area contributed by atoms with Gasteiger partial charge in [-0.05, 0) is 19.8 Å². The van der Waals surface area contributed by atoms with E-state index in [9.17, 15) is 19.2 Å². The normalized spacial score (nSPS) is 20.9. The van der Waals surface area contributed by atoms with Crippen LogP contribution in [0, 0.1) is 11.8 Å². The second kappa shape index (κ2) is 10.6. The summed E-state index contributed by atoms with van der Waals surface area (Å²) in [5, 5.41) is 8.88. The molecule has 0 spiro atoms. The Morgan fingerprint density at radius 2 is 1.34 bits per heavy atom. The van der Waals surface area contributed by atoms with Crippen LogP contribution in [-0.2, 0) is 19.2 Å². The van der Waals surface area contributed by atoms with E-state index in [1.807, 2.05) is 20.8 Å². The fourth-order valence-electron chi connectivity index (χ4n) is 2.80. The molecule has 0 aliphatic carbocycles. The lowest BCUT2D eigenvalue weighted by Gasteiger charge is -2.20. The highest BCUT2D eigenvalue weighted by Gasteiger charge is 2.33. The van der Waals surface area contributed by atoms with E-state index in [1.165, 1.54) is 33.3 Å². The highest BCUT2D eigenvalue weighted by molar-refractivity contribution is 8.15. The highest BCUT2D eigenvalue weighted by atomic mass is 32.2. The van der Waals surface area contributed by atoms with Crippen molar-refractivity contribution in [3.05, 3.63) is 0 Å². The molecule has 0 aromatic carbocycles. The highest BCUT2D eigenvalue weighted by Crippen LogP contribution is 2.21. The van der Waals surface area contributed by atoms with Gasteiger partial charge in [-0.1, -0.05) is 43.8 Å². The third-order valence-corrected chi connectivity index (χ3v) is 6.57. The Morgan fingerprint density at radius 1 is 0.931 bits per heavy atom. The Bertz CT molecular complexity index is 685. The number of hydrogen-bond donors (Lipinski definition) is 2. The summed E-state index contributed by atoms with van der Waals surface area (Å²) in [5.41, 5.74) is 4.83. The minimum absolute atomic E-state index is 0.0679. The van der Waals surface area contributed by atoms with Gasteiger partial charge in [-0.2, -0.15) is 0 Å². The SMILES string of the molecule is CCC(C)C(C(=O)N/N=C1/SCC(=O)N1CC)C(=O)N/N=C1/SCC(=O)N1CC. The van der Waals surface area contributed by atoms with Crippen LogP contribution >= 0.6 is 23.5 Å². The van der Waals surface area contributed by atoms with Gasteiger partial charge in [0.2, 0.25) is 11.8 Å². The van der Waals surface area contributed by atoms with Gasteiger partial charge in [-0.3, -0.25) is 29.0 Å². The van der Waals surface area contributed by atoms with Crippen molar-refractivity contribution in [3.8, 4) is 0 Å². The lowest BCUT2D eigenvalue weighted by Crippen LogP contribution is -2.43. The Morgan fingerprint density at radius 3 is 1.69 bits per heavy atom. The molecule has 12 heteroatoms. The van der Waals surface area contributed by atoms with Crippen molar-refractivity contribution in [2.45, 2.75) is 34.1 Å². The standard InChI is InChI=1S/C17H26N6O4S2/c1-5-10(4)13(14(26)18-20-16-22(6-2)11(24)8-28-16)15(27)19-21-17-23(7-3)12(25)9-29-17/h10,13H,5-9H2,1-4H3,(H,18,26)(H,19,27)/b20-16+,21-17+. The van der Waals surface area contributed by atoms with Crippen LogP contribution in [0.25, 0.3) is 0 Å². The number of thioether (sulfide) groups is 2. The van der Waals surface area contributed by atoms with Crippen molar-refractivity contribution >= 4 is 57.5 Å². The van der Waals surface area contributed by atoms with E-state index in [2.05, 4.69) is 21.1 Å². The van der Waals surface area contributed by atoms with Gasteiger partial charge in [-0.25, -0.2) is 10.9 Å². The third kappa shape index (κ3) is 5.50. The molecule has 0 saturated carbocycles. The number of carbonyl (C=O) groups excluding carboxylic acids is 4. The van der Waals surface area contributed by atoms with Crippen molar-refractivity contribution in [2.75, 3.05) is 24.6 Å². The van der Waals surface area contributed by atoms with Crippen LogP contribution in [0.3, 0.4) is 0 Å². The minimum atomic E-state index is -1.01. The lowest BCUT2D eigenvalue weighted by atomic mass is 9.90.